The number of carbonyl (C=O) groups excluding carboxylic acids is 2. The summed E-state index contributed by atoms with van der Waals surface area (Å²) in [6, 6.07) is 14.8. The van der Waals surface area contributed by atoms with Crippen LogP contribution < -0.4 is 14.4 Å². The molecule has 2 aromatic carbocycles. The third-order valence-electron chi connectivity index (χ3n) is 7.41. The number of oxime groups is 1. The van der Waals surface area contributed by atoms with Gasteiger partial charge in [-0.05, 0) is 60.9 Å². The Balaban J connectivity index is 1.31. The summed E-state index contributed by atoms with van der Waals surface area (Å²) >= 11 is 0. The van der Waals surface area contributed by atoms with Gasteiger partial charge in [-0.25, -0.2) is 0 Å². The number of nitrogens with zero attached hydrogens (tertiary/aromatic N) is 2. The maximum Gasteiger partial charge on any atom is 0.238 e. The lowest BCUT2D eigenvalue weighted by Gasteiger charge is -2.29. The Morgan fingerprint density at radius 2 is 1.42 bits per heavy atom. The third-order valence-corrected chi connectivity index (χ3v) is 7.41. The number of hydrogen-bond acceptors (Lipinski definition) is 6. The minimum atomic E-state index is -0.328. The van der Waals surface area contributed by atoms with Gasteiger partial charge in [0.15, 0.2) is 0 Å². The lowest BCUT2D eigenvalue weighted by atomic mass is 9.71. The van der Waals surface area contributed by atoms with Crippen molar-refractivity contribution in [2.45, 2.75) is 12.5 Å². The Labute approximate surface area is 179 Å². The van der Waals surface area contributed by atoms with Gasteiger partial charge in [-0.15, -0.1) is 0 Å². The minimum Gasteiger partial charge on any atom is -0.497 e. The second-order valence-corrected chi connectivity index (χ2v) is 8.63. The first-order chi connectivity index (χ1) is 15.1. The van der Waals surface area contributed by atoms with E-state index in [1.54, 1.807) is 38.5 Å². The first-order valence-electron chi connectivity index (χ1n) is 10.5. The molecule has 2 aromatic rings. The van der Waals surface area contributed by atoms with Crippen LogP contribution in [0, 0.1) is 29.6 Å². The molecule has 1 saturated heterocycles. The summed E-state index contributed by atoms with van der Waals surface area (Å²) < 4.78 is 10.4. The highest BCUT2D eigenvalue weighted by Crippen LogP contribution is 2.62. The number of imide groups is 1. The van der Waals surface area contributed by atoms with Crippen LogP contribution in [0.4, 0.5) is 5.69 Å². The predicted octanol–water partition coefficient (Wildman–Crippen LogP) is 2.88. The largest absolute Gasteiger partial charge is 0.497 e. The number of ether oxygens (including phenoxy) is 2. The standard InChI is InChI=1S/C24H22N2O5/c1-29-14-7-3-12(4-8-14)21-20-16-11-17(22(20)31-25-21)19-18(16)23(27)26(24(19)28)13-5-9-15(30-2)10-6-13/h3-10,16-20,22H,11H2,1-2H3/t16-,17-,18-,19-,20+,22-/m1/s1. The van der Waals surface area contributed by atoms with Crippen LogP contribution in [0.1, 0.15) is 12.0 Å². The molecule has 158 valence electrons. The van der Waals surface area contributed by atoms with Gasteiger partial charge in [0.25, 0.3) is 0 Å². The van der Waals surface area contributed by atoms with Crippen molar-refractivity contribution in [2.75, 3.05) is 19.1 Å². The molecule has 0 aromatic heterocycles. The number of rotatable bonds is 4. The topological polar surface area (TPSA) is 77.4 Å². The van der Waals surface area contributed by atoms with E-state index in [0.717, 1.165) is 23.4 Å². The Morgan fingerprint density at radius 1 is 0.839 bits per heavy atom. The highest BCUT2D eigenvalue weighted by Gasteiger charge is 2.70. The predicted molar refractivity (Wildman–Crippen MR) is 112 cm³/mol. The molecule has 2 aliphatic heterocycles. The highest BCUT2D eigenvalue weighted by molar-refractivity contribution is 6.23. The van der Waals surface area contributed by atoms with Crippen molar-refractivity contribution in [3.8, 4) is 11.5 Å². The molecule has 0 spiro atoms. The SMILES string of the molecule is COc1ccc(C2=NO[C@@H]3[C@@H]4C[C@@H]([C@@H]23)[C@H]2C(=O)N(c3ccc(OC)cc3)C(=O)[C@H]42)cc1. The van der Waals surface area contributed by atoms with Gasteiger partial charge in [0.1, 0.15) is 17.6 Å². The molecule has 2 aliphatic carbocycles. The molecule has 7 nitrogen and oxygen atoms in total. The number of amides is 2. The van der Waals surface area contributed by atoms with E-state index in [-0.39, 0.29) is 47.5 Å². The van der Waals surface area contributed by atoms with Gasteiger partial charge < -0.3 is 14.3 Å². The smallest absolute Gasteiger partial charge is 0.238 e. The Hall–Kier alpha value is -3.35. The van der Waals surface area contributed by atoms with Crippen LogP contribution in [0.5, 0.6) is 11.5 Å². The van der Waals surface area contributed by atoms with Crippen LogP contribution >= 0.6 is 0 Å². The van der Waals surface area contributed by atoms with E-state index in [1.165, 1.54) is 4.90 Å². The summed E-state index contributed by atoms with van der Waals surface area (Å²) in [5.74, 6) is 0.706. The molecule has 2 saturated carbocycles. The zero-order valence-corrected chi connectivity index (χ0v) is 17.2. The van der Waals surface area contributed by atoms with Gasteiger partial charge >= 0.3 is 0 Å². The molecule has 31 heavy (non-hydrogen) atoms. The van der Waals surface area contributed by atoms with Gasteiger partial charge in [-0.2, -0.15) is 0 Å². The molecule has 6 rings (SSSR count). The summed E-state index contributed by atoms with van der Waals surface area (Å²) in [5, 5.41) is 4.39. The van der Waals surface area contributed by atoms with Crippen molar-refractivity contribution in [1.82, 2.24) is 0 Å². The Bertz CT molecular complexity index is 1090. The van der Waals surface area contributed by atoms with Crippen molar-refractivity contribution in [3.05, 3.63) is 54.1 Å². The lowest BCUT2D eigenvalue weighted by Crippen LogP contribution is -2.41. The maximum absolute atomic E-state index is 13.4. The van der Waals surface area contributed by atoms with Crippen molar-refractivity contribution < 1.29 is 23.9 Å². The fourth-order valence-corrected chi connectivity index (χ4v) is 6.11. The molecule has 2 amide bonds. The average Bonchev–Trinajstić information content (AvgIpc) is 3.54. The van der Waals surface area contributed by atoms with E-state index in [9.17, 15) is 9.59 Å². The monoisotopic (exact) mass is 418 g/mol. The number of benzene rings is 2. The molecular weight excluding hydrogens is 396 g/mol. The van der Waals surface area contributed by atoms with E-state index in [1.807, 2.05) is 24.3 Å². The number of methoxy groups -OCH3 is 2. The van der Waals surface area contributed by atoms with Crippen LogP contribution in [-0.4, -0.2) is 37.8 Å². The average molecular weight is 418 g/mol. The Kier molecular flexibility index (Phi) is 3.91. The molecule has 0 radical (unpaired) electrons. The first-order valence-corrected chi connectivity index (χ1v) is 10.5. The zero-order valence-electron chi connectivity index (χ0n) is 17.2. The van der Waals surface area contributed by atoms with Gasteiger partial charge in [0, 0.05) is 17.4 Å². The second-order valence-electron chi connectivity index (χ2n) is 8.63. The van der Waals surface area contributed by atoms with Crippen LogP contribution in [0.3, 0.4) is 0 Å². The van der Waals surface area contributed by atoms with Crippen molar-refractivity contribution >= 4 is 23.2 Å². The van der Waals surface area contributed by atoms with Gasteiger partial charge in [0.2, 0.25) is 11.8 Å². The minimum absolute atomic E-state index is 0.0131. The fraction of sp³-hybridized carbons (Fsp3) is 0.375. The summed E-state index contributed by atoms with van der Waals surface area (Å²) in [5.41, 5.74) is 2.45. The second kappa shape index (κ2) is 6.57. The van der Waals surface area contributed by atoms with E-state index in [4.69, 9.17) is 14.3 Å². The Morgan fingerprint density at radius 3 is 2.03 bits per heavy atom. The van der Waals surface area contributed by atoms with Crippen molar-refractivity contribution in [3.63, 3.8) is 0 Å². The number of carbonyl (C=O) groups is 2. The fourth-order valence-electron chi connectivity index (χ4n) is 6.11. The zero-order chi connectivity index (χ0) is 21.3. The van der Waals surface area contributed by atoms with Crippen LogP contribution in [0.25, 0.3) is 0 Å². The van der Waals surface area contributed by atoms with Crippen LogP contribution in [-0.2, 0) is 14.4 Å². The first kappa shape index (κ1) is 18.4. The molecule has 2 heterocycles. The highest BCUT2D eigenvalue weighted by atomic mass is 16.6. The quantitative estimate of drug-likeness (QED) is 0.714. The molecule has 6 atom stereocenters. The number of fused-ring (bicyclic) bond motifs is 8. The molecule has 0 N–H and O–H groups in total. The molecule has 3 fully saturated rings. The van der Waals surface area contributed by atoms with Crippen LogP contribution in [0.2, 0.25) is 0 Å². The summed E-state index contributed by atoms with van der Waals surface area (Å²) in [6.45, 7) is 0. The summed E-state index contributed by atoms with van der Waals surface area (Å²) in [6.07, 6.45) is 0.684. The van der Waals surface area contributed by atoms with Crippen molar-refractivity contribution in [2.24, 2.45) is 34.7 Å². The molecule has 2 bridgehead atoms. The van der Waals surface area contributed by atoms with Gasteiger partial charge in [0.05, 0.1) is 37.5 Å². The van der Waals surface area contributed by atoms with Gasteiger partial charge in [-0.3, -0.25) is 14.5 Å². The molecule has 4 aliphatic rings. The summed E-state index contributed by atoms with van der Waals surface area (Å²) in [7, 11) is 3.22. The molecular formula is C24H22N2O5. The number of anilines is 1. The number of hydrogen-bond donors (Lipinski definition) is 0. The van der Waals surface area contributed by atoms with Crippen molar-refractivity contribution in [1.29, 1.82) is 0 Å². The summed E-state index contributed by atoms with van der Waals surface area (Å²) in [4.78, 5) is 34.0. The van der Waals surface area contributed by atoms with E-state index in [0.29, 0.717) is 11.4 Å². The third kappa shape index (κ3) is 2.43. The lowest BCUT2D eigenvalue weighted by molar-refractivity contribution is -0.125. The van der Waals surface area contributed by atoms with E-state index in [2.05, 4.69) is 5.16 Å². The van der Waals surface area contributed by atoms with Gasteiger partial charge in [-0.1, -0.05) is 5.16 Å². The maximum atomic E-state index is 13.4. The molecule has 0 unspecified atom stereocenters. The van der Waals surface area contributed by atoms with E-state index < -0.39 is 0 Å². The molecule has 7 heteroatoms. The normalized spacial score (nSPS) is 32.6. The van der Waals surface area contributed by atoms with Crippen LogP contribution in [0.15, 0.2) is 53.7 Å². The van der Waals surface area contributed by atoms with E-state index >= 15 is 0 Å².